The number of fused-ring (bicyclic) bond motifs is 2. The molecule has 0 bridgehead atoms. The minimum absolute atomic E-state index is 0.114. The van der Waals surface area contributed by atoms with Crippen molar-refractivity contribution in [3.63, 3.8) is 0 Å². The van der Waals surface area contributed by atoms with Crippen molar-refractivity contribution < 1.29 is 4.79 Å². The number of benzene rings is 1. The summed E-state index contributed by atoms with van der Waals surface area (Å²) in [5.41, 5.74) is 0.946. The highest BCUT2D eigenvalue weighted by molar-refractivity contribution is 6.18. The number of hydrogen-bond acceptors (Lipinski definition) is 5. The average Bonchev–Trinajstić information content (AvgIpc) is 3.17. The van der Waals surface area contributed by atoms with Gasteiger partial charge in [0.15, 0.2) is 11.1 Å². The number of amides is 1. The molecule has 1 aromatic carbocycles. The molecule has 0 aliphatic carbocycles. The molecule has 116 valence electrons. The minimum atomic E-state index is -0.271. The highest BCUT2D eigenvalue weighted by atomic mass is 16.2. The Morgan fingerprint density at radius 1 is 1.29 bits per heavy atom. The number of nitriles is 1. The van der Waals surface area contributed by atoms with Crippen molar-refractivity contribution in [2.75, 3.05) is 13.1 Å². The van der Waals surface area contributed by atoms with Gasteiger partial charge in [0.2, 0.25) is 0 Å². The number of likely N-dealkylation sites (tertiary alicyclic amines) is 1. The summed E-state index contributed by atoms with van der Waals surface area (Å²) in [5, 5.41) is 14.3. The van der Waals surface area contributed by atoms with Crippen molar-refractivity contribution in [2.24, 2.45) is 5.92 Å². The maximum absolute atomic E-state index is 12.7. The molecule has 0 unspecified atom stereocenters. The molecule has 1 amide bonds. The third-order valence-electron chi connectivity index (χ3n) is 4.58. The first-order chi connectivity index (χ1) is 11.7. The Morgan fingerprint density at radius 3 is 2.92 bits per heavy atom. The van der Waals surface area contributed by atoms with E-state index in [0.717, 1.165) is 5.39 Å². The van der Waals surface area contributed by atoms with E-state index in [-0.39, 0.29) is 17.4 Å². The fraction of sp³-hybridized carbons (Fsp3) is 0.188. The van der Waals surface area contributed by atoms with Gasteiger partial charge in [-0.2, -0.15) is 5.26 Å². The third kappa shape index (κ3) is 1.50. The van der Waals surface area contributed by atoms with Gasteiger partial charge < -0.3 is 4.90 Å². The van der Waals surface area contributed by atoms with E-state index in [2.05, 4.69) is 21.1 Å². The second kappa shape index (κ2) is 4.29. The number of pyridine rings is 1. The number of nitrogens with one attached hydrogen (secondary N) is 1. The number of aromatic amines is 1. The van der Waals surface area contributed by atoms with Gasteiger partial charge >= 0.3 is 6.03 Å². The molecular formula is C16H10N6O2. The molecule has 1 aliphatic heterocycles. The van der Waals surface area contributed by atoms with Gasteiger partial charge in [0.25, 0.3) is 0 Å². The predicted molar refractivity (Wildman–Crippen MR) is 85.8 cm³/mol. The standard InChI is InChI=1S/C16H10N6O2/c17-3-8-5-21(6-8)16(24)22-7-11-13(20-22)9-1-2-18-15-12(9)10(4-19-15)14(11)23/h1-2,4,7-8,20H,5-6H2. The van der Waals surface area contributed by atoms with Crippen molar-refractivity contribution in [2.45, 2.75) is 0 Å². The van der Waals surface area contributed by atoms with Crippen LogP contribution in [-0.2, 0) is 0 Å². The quantitative estimate of drug-likeness (QED) is 0.525. The van der Waals surface area contributed by atoms with Crippen LogP contribution in [0.25, 0.3) is 32.7 Å². The summed E-state index contributed by atoms with van der Waals surface area (Å²) >= 11 is 0. The van der Waals surface area contributed by atoms with Crippen molar-refractivity contribution in [1.29, 1.82) is 5.26 Å². The molecule has 8 nitrogen and oxygen atoms in total. The Bertz CT molecular complexity index is 1220. The minimum Gasteiger partial charge on any atom is -0.320 e. The summed E-state index contributed by atoms with van der Waals surface area (Å²) in [6.45, 7) is 0.823. The van der Waals surface area contributed by atoms with Crippen molar-refractivity contribution in [1.82, 2.24) is 24.6 Å². The lowest BCUT2D eigenvalue weighted by Gasteiger charge is -2.34. The van der Waals surface area contributed by atoms with Crippen LogP contribution in [0.4, 0.5) is 4.79 Å². The first-order valence-electron chi connectivity index (χ1n) is 7.46. The lowest BCUT2D eigenvalue weighted by molar-refractivity contribution is 0.143. The molecule has 3 aromatic heterocycles. The van der Waals surface area contributed by atoms with Crippen LogP contribution in [0.1, 0.15) is 0 Å². The monoisotopic (exact) mass is 318 g/mol. The highest BCUT2D eigenvalue weighted by Crippen LogP contribution is 2.28. The number of nitrogens with zero attached hydrogens (tertiary/aromatic N) is 5. The van der Waals surface area contributed by atoms with E-state index in [9.17, 15) is 9.59 Å². The normalized spacial score (nSPS) is 15.2. The van der Waals surface area contributed by atoms with Crippen LogP contribution >= 0.6 is 0 Å². The molecular weight excluding hydrogens is 308 g/mol. The number of H-pyrrole nitrogens is 1. The summed E-state index contributed by atoms with van der Waals surface area (Å²) in [6.07, 6.45) is 4.68. The zero-order valence-corrected chi connectivity index (χ0v) is 12.4. The molecule has 1 aliphatic rings. The fourth-order valence-corrected chi connectivity index (χ4v) is 3.29. The molecule has 0 saturated carbocycles. The first kappa shape index (κ1) is 13.0. The molecule has 1 saturated heterocycles. The molecule has 8 heteroatoms. The fourth-order valence-electron chi connectivity index (χ4n) is 3.29. The van der Waals surface area contributed by atoms with E-state index >= 15 is 0 Å². The Balaban J connectivity index is 1.73. The van der Waals surface area contributed by atoms with Gasteiger partial charge in [-0.05, 0) is 6.07 Å². The molecule has 1 fully saturated rings. The molecule has 24 heavy (non-hydrogen) atoms. The van der Waals surface area contributed by atoms with Crippen LogP contribution < -0.4 is 5.43 Å². The maximum Gasteiger partial charge on any atom is 0.342 e. The molecule has 0 radical (unpaired) electrons. The van der Waals surface area contributed by atoms with E-state index in [1.807, 2.05) is 0 Å². The highest BCUT2D eigenvalue weighted by Gasteiger charge is 2.31. The van der Waals surface area contributed by atoms with Gasteiger partial charge in [-0.15, -0.1) is 0 Å². The van der Waals surface area contributed by atoms with E-state index in [1.54, 1.807) is 17.2 Å². The summed E-state index contributed by atoms with van der Waals surface area (Å²) in [6, 6.07) is 3.67. The molecule has 4 aromatic rings. The largest absolute Gasteiger partial charge is 0.342 e. The summed E-state index contributed by atoms with van der Waals surface area (Å²) in [7, 11) is 0. The van der Waals surface area contributed by atoms with Gasteiger partial charge in [-0.3, -0.25) is 9.89 Å². The van der Waals surface area contributed by atoms with E-state index < -0.39 is 0 Å². The van der Waals surface area contributed by atoms with Gasteiger partial charge in [-0.1, -0.05) is 0 Å². The lowest BCUT2D eigenvalue weighted by Crippen LogP contribution is -2.51. The second-order valence-electron chi connectivity index (χ2n) is 5.97. The number of carbonyl (C=O) groups excluding carboxylic acids is 1. The van der Waals surface area contributed by atoms with Crippen molar-refractivity contribution in [3.8, 4) is 6.07 Å². The lowest BCUT2D eigenvalue weighted by atomic mass is 10.0. The van der Waals surface area contributed by atoms with E-state index in [0.29, 0.717) is 40.4 Å². The molecule has 0 atom stereocenters. The van der Waals surface area contributed by atoms with Crippen LogP contribution in [0, 0.1) is 17.2 Å². The van der Waals surface area contributed by atoms with Gasteiger partial charge in [0.1, 0.15) is 0 Å². The molecule has 1 N–H and O–H groups in total. The van der Waals surface area contributed by atoms with E-state index in [4.69, 9.17) is 5.26 Å². The first-order valence-corrected chi connectivity index (χ1v) is 7.46. The Morgan fingerprint density at radius 2 is 2.12 bits per heavy atom. The Hall–Kier alpha value is -3.47. The van der Waals surface area contributed by atoms with Crippen LogP contribution in [0.3, 0.4) is 0 Å². The second-order valence-corrected chi connectivity index (χ2v) is 5.97. The molecule has 4 heterocycles. The van der Waals surface area contributed by atoms with Crippen LogP contribution in [0.2, 0.25) is 0 Å². The zero-order chi connectivity index (χ0) is 16.4. The topological polar surface area (TPSA) is 108 Å². The van der Waals surface area contributed by atoms with Crippen molar-refractivity contribution >= 4 is 38.7 Å². The van der Waals surface area contributed by atoms with Crippen LogP contribution in [-0.4, -0.2) is 43.8 Å². The average molecular weight is 318 g/mol. The SMILES string of the molecule is N#CC1CN(C(=O)n2cc3c(=O)c4cnc5nccc(c3[nH]2)c54)C1. The zero-order valence-electron chi connectivity index (χ0n) is 12.4. The van der Waals surface area contributed by atoms with Crippen molar-refractivity contribution in [3.05, 3.63) is 34.9 Å². The Labute approximate surface area is 134 Å². The number of hydrogen-bond donors (Lipinski definition) is 1. The summed E-state index contributed by atoms with van der Waals surface area (Å²) in [4.78, 5) is 35.1. The van der Waals surface area contributed by atoms with Gasteiger partial charge in [-0.25, -0.2) is 19.4 Å². The number of carbonyl (C=O) groups is 1. The number of aromatic nitrogens is 4. The summed E-state index contributed by atoms with van der Waals surface area (Å²) in [5.74, 6) is -0.114. The predicted octanol–water partition coefficient (Wildman–Crippen LogP) is 1.29. The third-order valence-corrected chi connectivity index (χ3v) is 4.58. The Kier molecular flexibility index (Phi) is 2.33. The molecule has 0 spiro atoms. The molecule has 5 rings (SSSR count). The van der Waals surface area contributed by atoms with Gasteiger partial charge in [0.05, 0.1) is 28.3 Å². The van der Waals surface area contributed by atoms with Crippen LogP contribution in [0.5, 0.6) is 0 Å². The maximum atomic E-state index is 12.7. The van der Waals surface area contributed by atoms with Crippen LogP contribution in [0.15, 0.2) is 29.5 Å². The smallest absolute Gasteiger partial charge is 0.320 e. The summed E-state index contributed by atoms with van der Waals surface area (Å²) < 4.78 is 1.31. The number of rotatable bonds is 0. The van der Waals surface area contributed by atoms with E-state index in [1.165, 1.54) is 17.1 Å². The van der Waals surface area contributed by atoms with Gasteiger partial charge in [0, 0.05) is 42.5 Å².